The van der Waals surface area contributed by atoms with Gasteiger partial charge >= 0.3 is 12.0 Å². The molecule has 1 aromatic carbocycles. The Morgan fingerprint density at radius 2 is 2.20 bits per heavy atom. The zero-order valence-corrected chi connectivity index (χ0v) is 11.5. The molecule has 0 aliphatic carbocycles. The molecule has 0 atom stereocenters. The Morgan fingerprint density at radius 1 is 1.40 bits per heavy atom. The van der Waals surface area contributed by atoms with Crippen LogP contribution in [0.15, 0.2) is 22.7 Å². The molecule has 2 rings (SSSR count). The van der Waals surface area contributed by atoms with Crippen molar-refractivity contribution in [3.05, 3.63) is 34.1 Å². The van der Waals surface area contributed by atoms with E-state index in [1.807, 2.05) is 0 Å². The number of hydrogen-bond donors (Lipinski definition) is 4. The summed E-state index contributed by atoms with van der Waals surface area (Å²) in [5, 5.41) is 26.9. The van der Waals surface area contributed by atoms with Gasteiger partial charge < -0.3 is 15.7 Å². The molecule has 0 spiro atoms. The molecular formula is C10H9BrN6O3. The second-order valence-electron chi connectivity index (χ2n) is 3.64. The van der Waals surface area contributed by atoms with Crippen LogP contribution in [-0.4, -0.2) is 37.7 Å². The summed E-state index contributed by atoms with van der Waals surface area (Å²) in [5.41, 5.74) is 0.565. The van der Waals surface area contributed by atoms with Gasteiger partial charge in [-0.15, -0.1) is 10.2 Å². The monoisotopic (exact) mass is 340 g/mol. The summed E-state index contributed by atoms with van der Waals surface area (Å²) < 4.78 is 0.465. The maximum atomic E-state index is 11.6. The highest BCUT2D eigenvalue weighted by atomic mass is 79.9. The Morgan fingerprint density at radius 3 is 2.80 bits per heavy atom. The van der Waals surface area contributed by atoms with Crippen molar-refractivity contribution in [2.75, 3.05) is 5.32 Å². The molecule has 1 heterocycles. The van der Waals surface area contributed by atoms with Gasteiger partial charge in [-0.05, 0) is 34.1 Å². The molecular weight excluding hydrogens is 332 g/mol. The molecule has 0 unspecified atom stereocenters. The first-order chi connectivity index (χ1) is 9.56. The molecule has 0 aliphatic rings. The van der Waals surface area contributed by atoms with Crippen LogP contribution in [0.2, 0.25) is 0 Å². The van der Waals surface area contributed by atoms with Crippen molar-refractivity contribution in [1.82, 2.24) is 25.9 Å². The minimum absolute atomic E-state index is 0.118. The number of urea groups is 1. The first kappa shape index (κ1) is 13.9. The lowest BCUT2D eigenvalue weighted by Gasteiger charge is -2.08. The van der Waals surface area contributed by atoms with Crippen LogP contribution in [0.3, 0.4) is 0 Å². The number of carbonyl (C=O) groups excluding carboxylic acids is 1. The summed E-state index contributed by atoms with van der Waals surface area (Å²) in [6.07, 6.45) is 0. The number of aromatic carboxylic acids is 1. The molecule has 2 aromatic rings. The second-order valence-corrected chi connectivity index (χ2v) is 4.49. The van der Waals surface area contributed by atoms with E-state index >= 15 is 0 Å². The van der Waals surface area contributed by atoms with Gasteiger partial charge in [0.2, 0.25) is 0 Å². The number of carboxylic acid groups (broad SMARTS) is 1. The number of H-pyrrole nitrogens is 1. The van der Waals surface area contributed by atoms with Crippen LogP contribution in [0, 0.1) is 0 Å². The molecule has 9 nitrogen and oxygen atoms in total. The van der Waals surface area contributed by atoms with Gasteiger partial charge in [-0.1, -0.05) is 5.21 Å². The number of benzene rings is 1. The molecule has 0 bridgehead atoms. The van der Waals surface area contributed by atoms with E-state index in [0.29, 0.717) is 16.0 Å². The van der Waals surface area contributed by atoms with Crippen molar-refractivity contribution in [3.8, 4) is 0 Å². The standard InChI is InChI=1S/C10H9BrN6O3/c11-6-3-5(9(18)19)1-2-7(6)13-10(20)12-4-8-14-16-17-15-8/h1-3H,4H2,(H,18,19)(H2,12,13,20)(H,14,15,16,17). The van der Waals surface area contributed by atoms with Crippen LogP contribution < -0.4 is 10.6 Å². The number of nitrogens with one attached hydrogen (secondary N) is 3. The summed E-state index contributed by atoms with van der Waals surface area (Å²) >= 11 is 3.19. The van der Waals surface area contributed by atoms with Crippen LogP contribution in [0.4, 0.5) is 10.5 Å². The summed E-state index contributed by atoms with van der Waals surface area (Å²) in [7, 11) is 0. The highest BCUT2D eigenvalue weighted by Gasteiger charge is 2.09. The maximum absolute atomic E-state index is 11.6. The number of carboxylic acids is 1. The van der Waals surface area contributed by atoms with Gasteiger partial charge in [-0.25, -0.2) is 9.59 Å². The van der Waals surface area contributed by atoms with Crippen molar-refractivity contribution in [1.29, 1.82) is 0 Å². The molecule has 4 N–H and O–H groups in total. The zero-order chi connectivity index (χ0) is 14.5. The van der Waals surface area contributed by atoms with Gasteiger partial charge in [-0.3, -0.25) is 0 Å². The summed E-state index contributed by atoms with van der Waals surface area (Å²) in [6, 6.07) is 3.80. The fraction of sp³-hybridized carbons (Fsp3) is 0.100. The number of aromatic nitrogens is 4. The van der Waals surface area contributed by atoms with E-state index in [-0.39, 0.29) is 12.1 Å². The van der Waals surface area contributed by atoms with E-state index < -0.39 is 12.0 Å². The Hall–Kier alpha value is -2.49. The maximum Gasteiger partial charge on any atom is 0.335 e. The summed E-state index contributed by atoms with van der Waals surface area (Å²) in [6.45, 7) is 0.118. The van der Waals surface area contributed by atoms with Gasteiger partial charge in [0.25, 0.3) is 0 Å². The molecule has 20 heavy (non-hydrogen) atoms. The highest BCUT2D eigenvalue weighted by molar-refractivity contribution is 9.10. The number of rotatable bonds is 4. The van der Waals surface area contributed by atoms with Crippen LogP contribution >= 0.6 is 15.9 Å². The van der Waals surface area contributed by atoms with E-state index in [1.165, 1.54) is 18.2 Å². The number of carbonyl (C=O) groups is 2. The van der Waals surface area contributed by atoms with Gasteiger partial charge in [0.1, 0.15) is 0 Å². The van der Waals surface area contributed by atoms with E-state index in [1.54, 1.807) is 0 Å². The van der Waals surface area contributed by atoms with Crippen LogP contribution in [0.25, 0.3) is 0 Å². The van der Waals surface area contributed by atoms with Crippen molar-refractivity contribution in [3.63, 3.8) is 0 Å². The molecule has 2 amide bonds. The van der Waals surface area contributed by atoms with Crippen molar-refractivity contribution >= 4 is 33.6 Å². The Bertz CT molecular complexity index is 630. The fourth-order valence-corrected chi connectivity index (χ4v) is 1.81. The minimum atomic E-state index is -1.04. The third-order valence-electron chi connectivity index (χ3n) is 2.26. The number of tetrazole rings is 1. The average molecular weight is 341 g/mol. The molecule has 0 saturated carbocycles. The molecule has 104 valence electrons. The van der Waals surface area contributed by atoms with Crippen LogP contribution in [0.1, 0.15) is 16.2 Å². The number of hydrogen-bond acceptors (Lipinski definition) is 5. The number of halogens is 1. The van der Waals surface area contributed by atoms with E-state index in [2.05, 4.69) is 47.2 Å². The van der Waals surface area contributed by atoms with E-state index in [4.69, 9.17) is 5.11 Å². The van der Waals surface area contributed by atoms with E-state index in [9.17, 15) is 9.59 Å². The number of anilines is 1. The third-order valence-corrected chi connectivity index (χ3v) is 2.92. The van der Waals surface area contributed by atoms with Gasteiger partial charge in [0, 0.05) is 4.47 Å². The lowest BCUT2D eigenvalue weighted by atomic mass is 10.2. The van der Waals surface area contributed by atoms with Gasteiger partial charge in [-0.2, -0.15) is 5.21 Å². The first-order valence-corrected chi connectivity index (χ1v) is 6.15. The predicted molar refractivity (Wildman–Crippen MR) is 71.1 cm³/mol. The summed E-state index contributed by atoms with van der Waals surface area (Å²) in [5.74, 6) is -0.695. The van der Waals surface area contributed by atoms with E-state index in [0.717, 1.165) is 0 Å². The molecule has 0 aliphatic heterocycles. The minimum Gasteiger partial charge on any atom is -0.478 e. The lowest BCUT2D eigenvalue weighted by Crippen LogP contribution is -2.28. The van der Waals surface area contributed by atoms with Gasteiger partial charge in [0.05, 0.1) is 17.8 Å². The normalized spacial score (nSPS) is 10.1. The number of aromatic amines is 1. The zero-order valence-electron chi connectivity index (χ0n) is 9.92. The number of nitrogens with zero attached hydrogens (tertiary/aromatic N) is 3. The third kappa shape index (κ3) is 3.51. The largest absolute Gasteiger partial charge is 0.478 e. The fourth-order valence-electron chi connectivity index (χ4n) is 1.33. The molecule has 1 aromatic heterocycles. The van der Waals surface area contributed by atoms with Crippen molar-refractivity contribution in [2.45, 2.75) is 6.54 Å². The van der Waals surface area contributed by atoms with Crippen LogP contribution in [-0.2, 0) is 6.54 Å². The summed E-state index contributed by atoms with van der Waals surface area (Å²) in [4.78, 5) is 22.4. The van der Waals surface area contributed by atoms with Crippen LogP contribution in [0.5, 0.6) is 0 Å². The smallest absolute Gasteiger partial charge is 0.335 e. The second kappa shape index (κ2) is 6.10. The van der Waals surface area contributed by atoms with Gasteiger partial charge in [0.15, 0.2) is 5.82 Å². The van der Waals surface area contributed by atoms with Crippen molar-refractivity contribution in [2.24, 2.45) is 0 Å². The van der Waals surface area contributed by atoms with Crippen molar-refractivity contribution < 1.29 is 14.7 Å². The Labute approximate surface area is 120 Å². The lowest BCUT2D eigenvalue weighted by molar-refractivity contribution is 0.0697. The number of amides is 2. The average Bonchev–Trinajstić information content (AvgIpc) is 2.91. The highest BCUT2D eigenvalue weighted by Crippen LogP contribution is 2.23. The Balaban J connectivity index is 1.95. The Kier molecular flexibility index (Phi) is 4.25. The molecule has 0 radical (unpaired) electrons. The first-order valence-electron chi connectivity index (χ1n) is 5.36. The molecule has 0 fully saturated rings. The quantitative estimate of drug-likeness (QED) is 0.655. The molecule has 0 saturated heterocycles. The SMILES string of the molecule is O=C(NCc1nn[nH]n1)Nc1ccc(C(=O)O)cc1Br. The predicted octanol–water partition coefficient (Wildman–Crippen LogP) is 0.982. The molecule has 10 heteroatoms. The topological polar surface area (TPSA) is 133 Å².